The number of nitrogen functional groups attached to an aromatic ring is 1. The minimum absolute atomic E-state index is 0.0152. The van der Waals surface area contributed by atoms with Crippen molar-refractivity contribution >= 4 is 33.2 Å². The maximum absolute atomic E-state index is 11.1. The topological polar surface area (TPSA) is 110 Å². The van der Waals surface area contributed by atoms with Crippen LogP contribution in [-0.2, 0) is 9.84 Å². The predicted molar refractivity (Wildman–Crippen MR) is 67.6 cm³/mol. The summed E-state index contributed by atoms with van der Waals surface area (Å²) in [7, 11) is -3.06. The van der Waals surface area contributed by atoms with Crippen molar-refractivity contribution in [3.63, 3.8) is 0 Å². The van der Waals surface area contributed by atoms with E-state index < -0.39 is 9.84 Å². The zero-order valence-electron chi connectivity index (χ0n) is 9.44. The summed E-state index contributed by atoms with van der Waals surface area (Å²) in [5.74, 6) is 5.68. The lowest BCUT2D eigenvalue weighted by atomic mass is 10.4. The van der Waals surface area contributed by atoms with Crippen LogP contribution in [0, 0.1) is 0 Å². The Balaban J connectivity index is 2.80. The highest BCUT2D eigenvalue weighted by molar-refractivity contribution is 7.90. The van der Waals surface area contributed by atoms with Gasteiger partial charge in [-0.2, -0.15) is 4.98 Å². The van der Waals surface area contributed by atoms with Crippen molar-refractivity contribution in [1.29, 1.82) is 0 Å². The molecule has 0 aliphatic carbocycles. The van der Waals surface area contributed by atoms with Gasteiger partial charge in [-0.25, -0.2) is 19.2 Å². The number of nitrogens with two attached hydrogens (primary N) is 1. The molecule has 1 rings (SSSR count). The number of hydrogen-bond acceptors (Lipinski definition) is 7. The molecule has 17 heavy (non-hydrogen) atoms. The number of sulfone groups is 1. The lowest BCUT2D eigenvalue weighted by Crippen LogP contribution is -2.26. The van der Waals surface area contributed by atoms with Crippen molar-refractivity contribution in [2.45, 2.75) is 13.0 Å². The van der Waals surface area contributed by atoms with Crippen molar-refractivity contribution in [3.05, 3.63) is 11.2 Å². The second-order valence-electron chi connectivity index (χ2n) is 3.67. The first-order chi connectivity index (χ1) is 7.81. The summed E-state index contributed by atoms with van der Waals surface area (Å²) in [4.78, 5) is 7.78. The Morgan fingerprint density at radius 1 is 1.59 bits per heavy atom. The van der Waals surface area contributed by atoms with Crippen LogP contribution in [0.5, 0.6) is 0 Å². The normalized spacial score (nSPS) is 13.2. The average molecular weight is 280 g/mol. The second kappa shape index (κ2) is 5.48. The van der Waals surface area contributed by atoms with Crippen LogP contribution >= 0.6 is 11.6 Å². The lowest BCUT2D eigenvalue weighted by Gasteiger charge is -2.14. The smallest absolute Gasteiger partial charge is 0.239 e. The number of hydrogen-bond donors (Lipinski definition) is 3. The van der Waals surface area contributed by atoms with Crippen molar-refractivity contribution in [2.24, 2.45) is 5.84 Å². The Morgan fingerprint density at radius 2 is 2.24 bits per heavy atom. The third kappa shape index (κ3) is 4.72. The zero-order chi connectivity index (χ0) is 13.1. The molecule has 9 heteroatoms. The number of aromatic nitrogens is 2. The molecule has 0 saturated heterocycles. The first kappa shape index (κ1) is 13.9. The molecule has 96 valence electrons. The molecule has 0 saturated carbocycles. The Kier molecular flexibility index (Phi) is 4.49. The minimum atomic E-state index is -3.06. The highest BCUT2D eigenvalue weighted by Crippen LogP contribution is 2.19. The first-order valence-corrected chi connectivity index (χ1v) is 7.19. The molecule has 1 heterocycles. The molecule has 0 aliphatic heterocycles. The van der Waals surface area contributed by atoms with Gasteiger partial charge in [0.05, 0.1) is 11.9 Å². The molecule has 0 spiro atoms. The fourth-order valence-corrected chi connectivity index (χ4v) is 2.40. The second-order valence-corrected chi connectivity index (χ2v) is 6.26. The van der Waals surface area contributed by atoms with E-state index in [9.17, 15) is 8.42 Å². The Bertz CT molecular complexity index is 493. The van der Waals surface area contributed by atoms with Crippen molar-refractivity contribution in [2.75, 3.05) is 22.8 Å². The van der Waals surface area contributed by atoms with Crippen molar-refractivity contribution < 1.29 is 8.42 Å². The van der Waals surface area contributed by atoms with Crippen LogP contribution in [0.2, 0.25) is 5.02 Å². The molecule has 0 radical (unpaired) electrons. The quantitative estimate of drug-likeness (QED) is 0.524. The molecule has 0 fully saturated rings. The average Bonchev–Trinajstić information content (AvgIpc) is 2.18. The maximum atomic E-state index is 11.1. The fraction of sp³-hybridized carbons (Fsp3) is 0.500. The van der Waals surface area contributed by atoms with Crippen LogP contribution in [0.25, 0.3) is 0 Å². The summed E-state index contributed by atoms with van der Waals surface area (Å²) in [5.41, 5.74) is 2.28. The number of nitrogens with zero attached hydrogens (tertiary/aromatic N) is 2. The summed E-state index contributed by atoms with van der Waals surface area (Å²) >= 11 is 5.86. The molecule has 1 aromatic rings. The first-order valence-electron chi connectivity index (χ1n) is 4.75. The van der Waals surface area contributed by atoms with Gasteiger partial charge in [0.1, 0.15) is 14.9 Å². The summed E-state index contributed by atoms with van der Waals surface area (Å²) in [6, 6.07) is -0.317. The standard InChI is InChI=1S/C8H14ClN5O2S/c1-5(4-17(2,15)16)12-7-6(9)3-11-8(13-7)14-10/h3,5H,4,10H2,1-2H3,(H2,11,12,13,14). The zero-order valence-corrected chi connectivity index (χ0v) is 11.0. The van der Waals surface area contributed by atoms with E-state index in [4.69, 9.17) is 17.4 Å². The molecule has 0 amide bonds. The molecule has 1 unspecified atom stereocenters. The molecule has 0 aliphatic rings. The molecule has 0 aromatic carbocycles. The van der Waals surface area contributed by atoms with Gasteiger partial charge in [0.2, 0.25) is 5.95 Å². The lowest BCUT2D eigenvalue weighted by molar-refractivity contribution is 0.598. The number of nitrogens with one attached hydrogen (secondary N) is 2. The van der Waals surface area contributed by atoms with E-state index in [0.29, 0.717) is 10.8 Å². The van der Waals surface area contributed by atoms with E-state index in [0.717, 1.165) is 0 Å². The molecule has 4 N–H and O–H groups in total. The number of hydrazine groups is 1. The fourth-order valence-electron chi connectivity index (χ4n) is 1.27. The molecular weight excluding hydrogens is 266 g/mol. The Hall–Kier alpha value is -1.12. The SMILES string of the molecule is CC(CS(C)(=O)=O)Nc1nc(NN)ncc1Cl. The van der Waals surface area contributed by atoms with Crippen LogP contribution in [0.4, 0.5) is 11.8 Å². The van der Waals surface area contributed by atoms with Gasteiger partial charge >= 0.3 is 0 Å². The molecule has 0 bridgehead atoms. The van der Waals surface area contributed by atoms with Crippen molar-refractivity contribution in [1.82, 2.24) is 9.97 Å². The van der Waals surface area contributed by atoms with E-state index in [1.165, 1.54) is 12.5 Å². The van der Waals surface area contributed by atoms with E-state index in [-0.39, 0.29) is 17.7 Å². The van der Waals surface area contributed by atoms with Crippen LogP contribution in [0.3, 0.4) is 0 Å². The van der Waals surface area contributed by atoms with E-state index in [1.807, 2.05) is 0 Å². The van der Waals surface area contributed by atoms with Gasteiger partial charge in [0, 0.05) is 12.3 Å². The minimum Gasteiger partial charge on any atom is -0.365 e. The van der Waals surface area contributed by atoms with Gasteiger partial charge in [0.15, 0.2) is 5.82 Å². The van der Waals surface area contributed by atoms with Gasteiger partial charge < -0.3 is 5.32 Å². The number of anilines is 2. The van der Waals surface area contributed by atoms with Gasteiger partial charge in [0.25, 0.3) is 0 Å². The van der Waals surface area contributed by atoms with Crippen LogP contribution in [0.1, 0.15) is 6.92 Å². The van der Waals surface area contributed by atoms with E-state index in [1.54, 1.807) is 6.92 Å². The monoisotopic (exact) mass is 279 g/mol. The summed E-state index contributed by atoms with van der Waals surface area (Å²) in [6.07, 6.45) is 2.54. The Morgan fingerprint density at radius 3 is 2.76 bits per heavy atom. The Labute approximate surface area is 105 Å². The molecule has 1 atom stereocenters. The van der Waals surface area contributed by atoms with Gasteiger partial charge in [-0.05, 0) is 6.92 Å². The molecular formula is C8H14ClN5O2S. The summed E-state index contributed by atoms with van der Waals surface area (Å²) < 4.78 is 22.2. The number of halogens is 1. The van der Waals surface area contributed by atoms with Gasteiger partial charge in [-0.3, -0.25) is 5.43 Å². The highest BCUT2D eigenvalue weighted by Gasteiger charge is 2.13. The predicted octanol–water partition coefficient (Wildman–Crippen LogP) is 0.261. The summed E-state index contributed by atoms with van der Waals surface area (Å²) in [6.45, 7) is 1.72. The third-order valence-corrected chi connectivity index (χ3v) is 3.19. The summed E-state index contributed by atoms with van der Waals surface area (Å²) in [5, 5.41) is 3.18. The maximum Gasteiger partial charge on any atom is 0.239 e. The van der Waals surface area contributed by atoms with E-state index >= 15 is 0 Å². The van der Waals surface area contributed by atoms with Crippen LogP contribution in [-0.4, -0.2) is 36.4 Å². The van der Waals surface area contributed by atoms with Crippen LogP contribution in [0.15, 0.2) is 6.20 Å². The highest BCUT2D eigenvalue weighted by atomic mass is 35.5. The number of rotatable bonds is 5. The molecule has 7 nitrogen and oxygen atoms in total. The van der Waals surface area contributed by atoms with E-state index in [2.05, 4.69) is 20.7 Å². The van der Waals surface area contributed by atoms with Crippen LogP contribution < -0.4 is 16.6 Å². The largest absolute Gasteiger partial charge is 0.365 e. The van der Waals surface area contributed by atoms with Crippen molar-refractivity contribution in [3.8, 4) is 0 Å². The van der Waals surface area contributed by atoms with Gasteiger partial charge in [-0.1, -0.05) is 11.6 Å². The van der Waals surface area contributed by atoms with Gasteiger partial charge in [-0.15, -0.1) is 0 Å². The third-order valence-electron chi connectivity index (χ3n) is 1.81. The molecule has 1 aromatic heterocycles.